The van der Waals surface area contributed by atoms with Gasteiger partial charge in [-0.25, -0.2) is 4.79 Å². The quantitative estimate of drug-likeness (QED) is 0.494. The Morgan fingerprint density at radius 1 is 1.44 bits per heavy atom. The van der Waals surface area contributed by atoms with Crippen molar-refractivity contribution in [3.05, 3.63) is 0 Å². The van der Waals surface area contributed by atoms with Crippen molar-refractivity contribution in [3.63, 3.8) is 0 Å². The second kappa shape index (κ2) is 8.53. The van der Waals surface area contributed by atoms with Gasteiger partial charge in [-0.1, -0.05) is 28.0 Å². The van der Waals surface area contributed by atoms with Crippen LogP contribution in [0.15, 0.2) is 0 Å². The minimum Gasteiger partial charge on any atom is -0.480 e. The number of carboxylic acids is 1. The first kappa shape index (κ1) is 15.5. The molecule has 0 aromatic heterocycles. The molecule has 104 valence electrons. The van der Waals surface area contributed by atoms with Crippen LogP contribution in [0.2, 0.25) is 0 Å². The third kappa shape index (κ3) is 6.39. The summed E-state index contributed by atoms with van der Waals surface area (Å²) < 4.78 is 0. The predicted octanol–water partition coefficient (Wildman–Crippen LogP) is 2.08. The van der Waals surface area contributed by atoms with E-state index in [0.29, 0.717) is 6.54 Å². The first-order valence-electron chi connectivity index (χ1n) is 6.15. The minimum atomic E-state index is -1.03. The largest absolute Gasteiger partial charge is 0.480 e. The molecule has 18 heavy (non-hydrogen) atoms. The minimum absolute atomic E-state index is 0.407. The van der Waals surface area contributed by atoms with Gasteiger partial charge >= 0.3 is 12.0 Å². The summed E-state index contributed by atoms with van der Waals surface area (Å²) in [5.41, 5.74) is 0. The SMILES string of the molecule is C[C@H](NC(=O)NCCCCC1CCSS1)C(=O)O. The lowest BCUT2D eigenvalue weighted by Crippen LogP contribution is -2.44. The van der Waals surface area contributed by atoms with E-state index in [1.54, 1.807) is 0 Å². The van der Waals surface area contributed by atoms with Gasteiger partial charge in [-0.2, -0.15) is 0 Å². The number of rotatable bonds is 7. The third-order valence-corrected chi connectivity index (χ3v) is 5.69. The number of aliphatic carboxylic acids is 1. The maximum Gasteiger partial charge on any atom is 0.325 e. The molecule has 0 aromatic rings. The molecular formula is C11H20N2O3S2. The van der Waals surface area contributed by atoms with E-state index in [-0.39, 0.29) is 0 Å². The van der Waals surface area contributed by atoms with Gasteiger partial charge in [0.2, 0.25) is 0 Å². The molecule has 3 N–H and O–H groups in total. The summed E-state index contributed by atoms with van der Waals surface area (Å²) in [6.07, 6.45) is 4.54. The molecule has 7 heteroatoms. The number of amides is 2. The normalized spacial score (nSPS) is 20.4. The van der Waals surface area contributed by atoms with Crippen molar-refractivity contribution in [1.29, 1.82) is 0 Å². The number of carboxylic acid groups (broad SMARTS) is 1. The third-order valence-electron chi connectivity index (χ3n) is 2.68. The number of carbonyl (C=O) groups excluding carboxylic acids is 1. The lowest BCUT2D eigenvalue weighted by molar-refractivity contribution is -0.138. The summed E-state index contributed by atoms with van der Waals surface area (Å²) in [7, 11) is 3.91. The predicted molar refractivity (Wildman–Crippen MR) is 75.9 cm³/mol. The van der Waals surface area contributed by atoms with Gasteiger partial charge in [0.1, 0.15) is 6.04 Å². The van der Waals surface area contributed by atoms with Gasteiger partial charge in [0, 0.05) is 17.5 Å². The van der Waals surface area contributed by atoms with Gasteiger partial charge in [-0.3, -0.25) is 4.79 Å². The van der Waals surface area contributed by atoms with E-state index in [4.69, 9.17) is 5.11 Å². The molecule has 0 bridgehead atoms. The van der Waals surface area contributed by atoms with Crippen molar-refractivity contribution in [2.24, 2.45) is 0 Å². The zero-order chi connectivity index (χ0) is 13.4. The van der Waals surface area contributed by atoms with Crippen molar-refractivity contribution >= 4 is 33.6 Å². The van der Waals surface area contributed by atoms with Crippen molar-refractivity contribution in [1.82, 2.24) is 10.6 Å². The molecule has 0 saturated carbocycles. The summed E-state index contributed by atoms with van der Waals surface area (Å²) in [6.45, 7) is 2.04. The van der Waals surface area contributed by atoms with E-state index in [9.17, 15) is 9.59 Å². The molecule has 2 amide bonds. The van der Waals surface area contributed by atoms with Gasteiger partial charge in [-0.05, 0) is 26.2 Å². The Kier molecular flexibility index (Phi) is 7.34. The fourth-order valence-corrected chi connectivity index (χ4v) is 4.60. The van der Waals surface area contributed by atoms with Crippen LogP contribution in [0.5, 0.6) is 0 Å². The molecule has 1 saturated heterocycles. The highest BCUT2D eigenvalue weighted by Gasteiger charge is 2.16. The van der Waals surface area contributed by atoms with Crippen molar-refractivity contribution < 1.29 is 14.7 Å². The Balaban J connectivity index is 1.96. The Morgan fingerprint density at radius 2 is 2.22 bits per heavy atom. The summed E-state index contributed by atoms with van der Waals surface area (Å²) in [4.78, 5) is 21.8. The average molecular weight is 292 g/mol. The molecule has 1 rings (SSSR count). The van der Waals surface area contributed by atoms with E-state index in [2.05, 4.69) is 10.6 Å². The van der Waals surface area contributed by atoms with Crippen LogP contribution in [0, 0.1) is 0 Å². The van der Waals surface area contributed by atoms with Crippen LogP contribution in [0.4, 0.5) is 4.79 Å². The van der Waals surface area contributed by atoms with Crippen molar-refractivity contribution in [3.8, 4) is 0 Å². The highest BCUT2D eigenvalue weighted by atomic mass is 33.1. The van der Waals surface area contributed by atoms with Crippen LogP contribution in [-0.4, -0.2) is 40.7 Å². The van der Waals surface area contributed by atoms with Gasteiger partial charge in [0.25, 0.3) is 0 Å². The average Bonchev–Trinajstić information content (AvgIpc) is 2.81. The molecule has 1 aliphatic rings. The van der Waals surface area contributed by atoms with Gasteiger partial charge in [0.15, 0.2) is 0 Å². The fraction of sp³-hybridized carbons (Fsp3) is 0.818. The zero-order valence-corrected chi connectivity index (χ0v) is 12.1. The van der Waals surface area contributed by atoms with E-state index in [1.165, 1.54) is 25.5 Å². The van der Waals surface area contributed by atoms with E-state index in [0.717, 1.165) is 18.1 Å². The van der Waals surface area contributed by atoms with E-state index >= 15 is 0 Å². The maximum absolute atomic E-state index is 11.3. The molecule has 1 unspecified atom stereocenters. The summed E-state index contributed by atoms with van der Waals surface area (Å²) >= 11 is 0. The van der Waals surface area contributed by atoms with Gasteiger partial charge in [0.05, 0.1) is 0 Å². The van der Waals surface area contributed by atoms with Crippen LogP contribution in [0.3, 0.4) is 0 Å². The topological polar surface area (TPSA) is 78.4 Å². The number of unbranched alkanes of at least 4 members (excludes halogenated alkanes) is 1. The zero-order valence-electron chi connectivity index (χ0n) is 10.5. The number of carbonyl (C=O) groups is 2. The lowest BCUT2D eigenvalue weighted by atomic mass is 10.1. The Hall–Kier alpha value is -0.560. The summed E-state index contributed by atoms with van der Waals surface area (Å²) in [5, 5.41) is 14.4. The first-order valence-corrected chi connectivity index (χ1v) is 8.53. The van der Waals surface area contributed by atoms with Crippen LogP contribution in [0.25, 0.3) is 0 Å². The Morgan fingerprint density at radius 3 is 2.83 bits per heavy atom. The lowest BCUT2D eigenvalue weighted by Gasteiger charge is -2.11. The van der Waals surface area contributed by atoms with E-state index < -0.39 is 18.0 Å². The second-order valence-corrected chi connectivity index (χ2v) is 7.07. The molecule has 0 spiro atoms. The Labute approximate surface area is 115 Å². The van der Waals surface area contributed by atoms with Crippen molar-refractivity contribution in [2.45, 2.75) is 43.9 Å². The number of nitrogens with one attached hydrogen (secondary N) is 2. The standard InChI is InChI=1S/C11H20N2O3S2/c1-8(10(14)15)13-11(16)12-6-3-2-4-9-5-7-17-18-9/h8-9H,2-7H2,1H3,(H,14,15)(H2,12,13,16)/t8-,9?/m0/s1. The summed E-state index contributed by atoms with van der Waals surface area (Å²) in [5.74, 6) is 0.226. The molecule has 2 atom stereocenters. The number of hydrogen-bond donors (Lipinski definition) is 3. The van der Waals surface area contributed by atoms with Gasteiger partial charge in [-0.15, -0.1) is 0 Å². The second-order valence-electron chi connectivity index (χ2n) is 4.28. The molecular weight excluding hydrogens is 272 g/mol. The molecule has 1 heterocycles. The van der Waals surface area contributed by atoms with Crippen LogP contribution >= 0.6 is 21.6 Å². The van der Waals surface area contributed by atoms with Gasteiger partial charge < -0.3 is 15.7 Å². The molecule has 5 nitrogen and oxygen atoms in total. The molecule has 0 radical (unpaired) electrons. The molecule has 1 aliphatic heterocycles. The fourth-order valence-electron chi connectivity index (χ4n) is 1.57. The monoisotopic (exact) mass is 292 g/mol. The van der Waals surface area contributed by atoms with Crippen LogP contribution in [-0.2, 0) is 4.79 Å². The van der Waals surface area contributed by atoms with Crippen LogP contribution < -0.4 is 10.6 Å². The first-order chi connectivity index (χ1) is 8.59. The highest BCUT2D eigenvalue weighted by Crippen LogP contribution is 2.39. The summed E-state index contributed by atoms with van der Waals surface area (Å²) in [6, 6.07) is -1.26. The Bertz CT molecular complexity index is 283. The van der Waals surface area contributed by atoms with Crippen molar-refractivity contribution in [2.75, 3.05) is 12.3 Å². The smallest absolute Gasteiger partial charge is 0.325 e. The van der Waals surface area contributed by atoms with E-state index in [1.807, 2.05) is 21.6 Å². The number of hydrogen-bond acceptors (Lipinski definition) is 4. The number of urea groups is 1. The molecule has 1 fully saturated rings. The highest BCUT2D eigenvalue weighted by molar-refractivity contribution is 8.77. The molecule has 0 aliphatic carbocycles. The molecule has 0 aromatic carbocycles. The maximum atomic E-state index is 11.3. The van der Waals surface area contributed by atoms with Crippen LogP contribution in [0.1, 0.15) is 32.6 Å².